The minimum Gasteiger partial charge on any atom is -0.493 e. The van der Waals surface area contributed by atoms with Gasteiger partial charge < -0.3 is 20.1 Å². The van der Waals surface area contributed by atoms with Gasteiger partial charge in [-0.1, -0.05) is 35.1 Å². The quantitative estimate of drug-likeness (QED) is 0.309. The van der Waals surface area contributed by atoms with Crippen molar-refractivity contribution in [2.45, 2.75) is 39.2 Å². The summed E-state index contributed by atoms with van der Waals surface area (Å²) in [7, 11) is 0. The first-order valence-corrected chi connectivity index (χ1v) is 13.9. The van der Waals surface area contributed by atoms with Crippen LogP contribution in [0.3, 0.4) is 0 Å². The number of halogens is 1. The highest BCUT2D eigenvalue weighted by atomic mass is 35.5. The number of carbonyl (C=O) groups is 2. The Morgan fingerprint density at radius 1 is 1.15 bits per heavy atom. The Labute approximate surface area is 235 Å². The molecule has 0 unspecified atom stereocenters. The lowest BCUT2D eigenvalue weighted by atomic mass is 9.98. The summed E-state index contributed by atoms with van der Waals surface area (Å²) in [5.41, 5.74) is 7.95. The van der Waals surface area contributed by atoms with Gasteiger partial charge in [0.2, 0.25) is 0 Å². The van der Waals surface area contributed by atoms with Gasteiger partial charge in [0, 0.05) is 29.7 Å². The summed E-state index contributed by atoms with van der Waals surface area (Å²) in [5.74, 6) is 0.488. The van der Waals surface area contributed by atoms with E-state index < -0.39 is 11.5 Å². The predicted molar refractivity (Wildman–Crippen MR) is 152 cm³/mol. The maximum Gasteiger partial charge on any atom is 0.410 e. The summed E-state index contributed by atoms with van der Waals surface area (Å²) in [5, 5.41) is 1.11. The van der Waals surface area contributed by atoms with Crippen LogP contribution in [0.4, 0.5) is 4.79 Å². The van der Waals surface area contributed by atoms with E-state index in [1.165, 1.54) is 11.3 Å². The molecule has 3 heterocycles. The second-order valence-electron chi connectivity index (χ2n) is 10.5. The molecule has 1 aliphatic rings. The Kier molecular flexibility index (Phi) is 7.51. The van der Waals surface area contributed by atoms with E-state index in [4.69, 9.17) is 31.8 Å². The van der Waals surface area contributed by atoms with Gasteiger partial charge in [0.25, 0.3) is 5.91 Å². The molecule has 2 amide bonds. The zero-order valence-electron chi connectivity index (χ0n) is 22.0. The summed E-state index contributed by atoms with van der Waals surface area (Å²) in [4.78, 5) is 35.9. The maximum atomic E-state index is 12.3. The number of nitrogens with zero attached hydrogens (tertiary/aromatic N) is 4. The van der Waals surface area contributed by atoms with Gasteiger partial charge >= 0.3 is 6.09 Å². The largest absolute Gasteiger partial charge is 0.493 e. The number of likely N-dealkylation sites (tertiary alicyclic amines) is 1. The van der Waals surface area contributed by atoms with Crippen molar-refractivity contribution in [3.8, 4) is 22.1 Å². The summed E-state index contributed by atoms with van der Waals surface area (Å²) >= 11 is 7.37. The number of primary amides is 1. The molecule has 9 nitrogen and oxygen atoms in total. The number of nitrogens with two attached hydrogens (primary N) is 1. The van der Waals surface area contributed by atoms with Crippen LogP contribution in [0.1, 0.15) is 43.3 Å². The number of piperidine rings is 1. The van der Waals surface area contributed by atoms with Crippen LogP contribution in [0.5, 0.6) is 5.75 Å². The second-order valence-corrected chi connectivity index (χ2v) is 11.9. The van der Waals surface area contributed by atoms with Crippen molar-refractivity contribution in [1.82, 2.24) is 19.4 Å². The highest BCUT2D eigenvalue weighted by Crippen LogP contribution is 2.33. The number of rotatable bonds is 6. The Hall–Kier alpha value is -3.63. The third kappa shape index (κ3) is 6.17. The molecule has 1 saturated heterocycles. The number of fused-ring (bicyclic) bond motifs is 1. The van der Waals surface area contributed by atoms with E-state index in [1.807, 2.05) is 49.6 Å². The average Bonchev–Trinajstić information content (AvgIpc) is 3.51. The Bertz CT molecular complexity index is 1520. The summed E-state index contributed by atoms with van der Waals surface area (Å²) < 4.78 is 13.5. The van der Waals surface area contributed by atoms with Crippen LogP contribution < -0.4 is 10.5 Å². The molecule has 5 rings (SSSR count). The molecule has 4 aromatic rings. The average molecular weight is 568 g/mol. The Morgan fingerprint density at radius 3 is 2.62 bits per heavy atom. The number of ether oxygens (including phenoxy) is 2. The summed E-state index contributed by atoms with van der Waals surface area (Å²) in [6, 6.07) is 12.9. The topological polar surface area (TPSA) is 113 Å². The molecule has 2 N–H and O–H groups in total. The lowest BCUT2D eigenvalue weighted by Crippen LogP contribution is -2.42. The van der Waals surface area contributed by atoms with Crippen LogP contribution in [0.15, 0.2) is 48.8 Å². The zero-order valence-corrected chi connectivity index (χ0v) is 23.6. The van der Waals surface area contributed by atoms with Crippen molar-refractivity contribution in [2.24, 2.45) is 11.7 Å². The molecule has 0 aliphatic carbocycles. The predicted octanol–water partition coefficient (Wildman–Crippen LogP) is 5.93. The molecule has 2 aromatic heterocycles. The van der Waals surface area contributed by atoms with Gasteiger partial charge in [-0.25, -0.2) is 14.8 Å². The number of hydrogen-bond acceptors (Lipinski definition) is 7. The third-order valence-corrected chi connectivity index (χ3v) is 7.72. The SMILES string of the molecule is CC(C)(C)OC(=O)N1CCC(COc2ccc3ncn(-c4nc(-c5cccc(Cl)c5)c(C(N)=O)s4)c3c2)CC1. The van der Waals surface area contributed by atoms with Crippen molar-refractivity contribution in [1.29, 1.82) is 0 Å². The van der Waals surface area contributed by atoms with Gasteiger partial charge in [-0.15, -0.1) is 0 Å². The number of hydrogen-bond donors (Lipinski definition) is 1. The van der Waals surface area contributed by atoms with Gasteiger partial charge in [-0.2, -0.15) is 0 Å². The van der Waals surface area contributed by atoms with E-state index in [9.17, 15) is 9.59 Å². The van der Waals surface area contributed by atoms with Crippen molar-refractivity contribution in [3.63, 3.8) is 0 Å². The lowest BCUT2D eigenvalue weighted by Gasteiger charge is -2.33. The molecular weight excluding hydrogens is 538 g/mol. The van der Waals surface area contributed by atoms with E-state index >= 15 is 0 Å². The van der Waals surface area contributed by atoms with Crippen LogP contribution in [-0.4, -0.2) is 56.7 Å². The minimum atomic E-state index is -0.556. The standard InChI is InChI=1S/C28H30ClN5O4S/c1-28(2,3)38-27(36)33-11-9-17(10-12-33)15-37-20-7-8-21-22(14-20)34(16-31-21)26-32-23(24(39-26)25(30)35)18-5-4-6-19(29)13-18/h4-8,13-14,16-17H,9-12,15H2,1-3H3,(H2,30,35). The molecule has 1 aliphatic heterocycles. The van der Waals surface area contributed by atoms with E-state index in [0.717, 1.165) is 23.9 Å². The second kappa shape index (κ2) is 10.9. The molecule has 0 atom stereocenters. The molecule has 204 valence electrons. The van der Waals surface area contributed by atoms with E-state index in [-0.39, 0.29) is 6.09 Å². The molecule has 0 saturated carbocycles. The van der Waals surface area contributed by atoms with Crippen LogP contribution in [-0.2, 0) is 4.74 Å². The number of amides is 2. The van der Waals surface area contributed by atoms with Crippen molar-refractivity contribution >= 4 is 46.0 Å². The fourth-order valence-electron chi connectivity index (χ4n) is 4.46. The monoisotopic (exact) mass is 567 g/mol. The van der Waals surface area contributed by atoms with Crippen molar-refractivity contribution < 1.29 is 19.1 Å². The van der Waals surface area contributed by atoms with E-state index in [0.29, 0.717) is 57.7 Å². The molecule has 1 fully saturated rings. The first-order chi connectivity index (χ1) is 18.6. The van der Waals surface area contributed by atoms with Crippen LogP contribution in [0, 0.1) is 5.92 Å². The number of imidazole rings is 1. The van der Waals surface area contributed by atoms with E-state index in [2.05, 4.69) is 4.98 Å². The fraction of sp³-hybridized carbons (Fsp3) is 0.357. The first kappa shape index (κ1) is 27.0. The third-order valence-electron chi connectivity index (χ3n) is 6.41. The number of carbonyl (C=O) groups excluding carboxylic acids is 2. The number of aromatic nitrogens is 3. The lowest BCUT2D eigenvalue weighted by molar-refractivity contribution is 0.0165. The van der Waals surface area contributed by atoms with Crippen LogP contribution >= 0.6 is 22.9 Å². The zero-order chi connectivity index (χ0) is 27.7. The molecule has 0 spiro atoms. The normalized spacial score (nSPS) is 14.5. The highest BCUT2D eigenvalue weighted by Gasteiger charge is 2.27. The van der Waals surface area contributed by atoms with Gasteiger partial charge in [0.05, 0.1) is 23.3 Å². The van der Waals surface area contributed by atoms with Gasteiger partial charge in [0.1, 0.15) is 22.6 Å². The first-order valence-electron chi connectivity index (χ1n) is 12.7. The van der Waals surface area contributed by atoms with Crippen molar-refractivity contribution in [3.05, 3.63) is 58.7 Å². The molecule has 0 bridgehead atoms. The number of thiazole rings is 1. The molecule has 2 aromatic carbocycles. The smallest absolute Gasteiger partial charge is 0.410 e. The molecule has 11 heteroatoms. The number of benzene rings is 2. The highest BCUT2D eigenvalue weighted by molar-refractivity contribution is 7.16. The molecular formula is C28H30ClN5O4S. The Balaban J connectivity index is 1.30. The van der Waals surface area contributed by atoms with Crippen LogP contribution in [0.2, 0.25) is 5.02 Å². The fourth-order valence-corrected chi connectivity index (χ4v) is 5.58. The Morgan fingerprint density at radius 2 is 1.92 bits per heavy atom. The summed E-state index contributed by atoms with van der Waals surface area (Å²) in [6.07, 6.45) is 3.11. The maximum absolute atomic E-state index is 12.3. The summed E-state index contributed by atoms with van der Waals surface area (Å²) in [6.45, 7) is 7.46. The van der Waals surface area contributed by atoms with Gasteiger partial charge in [-0.3, -0.25) is 9.36 Å². The molecule has 0 radical (unpaired) electrons. The minimum absolute atomic E-state index is 0.263. The van der Waals surface area contributed by atoms with Gasteiger partial charge in [-0.05, 0) is 63.8 Å². The van der Waals surface area contributed by atoms with Crippen molar-refractivity contribution in [2.75, 3.05) is 19.7 Å². The van der Waals surface area contributed by atoms with E-state index in [1.54, 1.807) is 29.4 Å². The van der Waals surface area contributed by atoms with Gasteiger partial charge in [0.15, 0.2) is 5.13 Å². The van der Waals surface area contributed by atoms with Crippen LogP contribution in [0.25, 0.3) is 27.4 Å². The molecule has 39 heavy (non-hydrogen) atoms.